The van der Waals surface area contributed by atoms with Crippen LogP contribution in [0.2, 0.25) is 0 Å². The number of hydrogen-bond donors (Lipinski definition) is 0. The van der Waals surface area contributed by atoms with Crippen molar-refractivity contribution >= 4 is 23.9 Å². The van der Waals surface area contributed by atoms with Gasteiger partial charge in [-0.25, -0.2) is 4.39 Å². The monoisotopic (exact) mass is 342 g/mol. The van der Waals surface area contributed by atoms with Crippen LogP contribution in [-0.4, -0.2) is 4.57 Å². The van der Waals surface area contributed by atoms with Crippen molar-refractivity contribution < 1.29 is 4.39 Å². The largest absolute Gasteiger partial charge is 0.322 e. The first kappa shape index (κ1) is 19.5. The molecule has 2 aromatic rings. The van der Waals surface area contributed by atoms with Crippen LogP contribution in [0.1, 0.15) is 24.2 Å². The summed E-state index contributed by atoms with van der Waals surface area (Å²) in [6, 6.07) is 9.77. The molecule has 1 aromatic carbocycles. The minimum absolute atomic E-state index is 0. The quantitative estimate of drug-likeness (QED) is 0.713. The van der Waals surface area contributed by atoms with Crippen molar-refractivity contribution in [3.63, 3.8) is 0 Å². The van der Waals surface area contributed by atoms with Crippen LogP contribution in [0.5, 0.6) is 0 Å². The maximum absolute atomic E-state index is 12.9. The number of benzene rings is 1. The normalized spacial score (nSPS) is 9.67. The van der Waals surface area contributed by atoms with Gasteiger partial charge in [-0.2, -0.15) is 5.26 Å². The van der Waals surface area contributed by atoms with Gasteiger partial charge in [0.05, 0.1) is 16.8 Å². The van der Waals surface area contributed by atoms with Gasteiger partial charge in [0.25, 0.3) is 0 Å². The SMILES string of the molecule is C.C=Cc1c(C=C)n(CC#N)c(SCc2ccc(F)cc2)cc1=O. The second kappa shape index (κ2) is 8.90. The fourth-order valence-electron chi connectivity index (χ4n) is 2.17. The predicted molar refractivity (Wildman–Crippen MR) is 99.2 cm³/mol. The highest BCUT2D eigenvalue weighted by atomic mass is 32.2. The minimum atomic E-state index is -0.288. The lowest BCUT2D eigenvalue weighted by Crippen LogP contribution is -2.16. The highest BCUT2D eigenvalue weighted by molar-refractivity contribution is 7.98. The lowest BCUT2D eigenvalue weighted by atomic mass is 10.1. The molecule has 1 aromatic heterocycles. The van der Waals surface area contributed by atoms with E-state index in [4.69, 9.17) is 5.26 Å². The molecule has 5 heteroatoms. The second-order valence-electron chi connectivity index (χ2n) is 4.71. The summed E-state index contributed by atoms with van der Waals surface area (Å²) >= 11 is 1.42. The molecule has 0 N–H and O–H groups in total. The second-order valence-corrected chi connectivity index (χ2v) is 5.71. The smallest absolute Gasteiger partial charge is 0.190 e. The van der Waals surface area contributed by atoms with E-state index in [1.54, 1.807) is 22.8 Å². The number of aromatic nitrogens is 1. The van der Waals surface area contributed by atoms with Crippen molar-refractivity contribution in [2.75, 3.05) is 0 Å². The zero-order valence-corrected chi connectivity index (χ0v) is 13.3. The lowest BCUT2D eigenvalue weighted by molar-refractivity contribution is 0.627. The van der Waals surface area contributed by atoms with Crippen molar-refractivity contribution in [2.24, 2.45) is 0 Å². The number of pyridine rings is 1. The summed E-state index contributed by atoms with van der Waals surface area (Å²) in [6.07, 6.45) is 3.03. The molecule has 0 saturated heterocycles. The fourth-order valence-corrected chi connectivity index (χ4v) is 3.19. The lowest BCUT2D eigenvalue weighted by Gasteiger charge is -2.15. The van der Waals surface area contributed by atoms with E-state index in [2.05, 4.69) is 19.2 Å². The molecule has 0 spiro atoms. The van der Waals surface area contributed by atoms with E-state index in [1.807, 2.05) is 0 Å². The van der Waals surface area contributed by atoms with Crippen LogP contribution in [0.25, 0.3) is 12.2 Å². The molecule has 0 aliphatic heterocycles. The highest BCUT2D eigenvalue weighted by Crippen LogP contribution is 2.25. The van der Waals surface area contributed by atoms with Gasteiger partial charge < -0.3 is 4.57 Å². The van der Waals surface area contributed by atoms with Crippen molar-refractivity contribution in [1.82, 2.24) is 4.57 Å². The Kier molecular flexibility index (Phi) is 7.22. The first-order valence-corrected chi connectivity index (χ1v) is 7.86. The molecule has 0 aliphatic rings. The van der Waals surface area contributed by atoms with Gasteiger partial charge in [0, 0.05) is 17.4 Å². The average Bonchev–Trinajstić information content (AvgIpc) is 2.55. The van der Waals surface area contributed by atoms with E-state index < -0.39 is 0 Å². The van der Waals surface area contributed by atoms with Gasteiger partial charge in [-0.05, 0) is 23.8 Å². The first-order chi connectivity index (χ1) is 11.1. The molecule has 0 fully saturated rings. The Hall–Kier alpha value is -2.58. The van der Waals surface area contributed by atoms with Crippen LogP contribution in [0.4, 0.5) is 4.39 Å². The summed E-state index contributed by atoms with van der Waals surface area (Å²) < 4.78 is 14.7. The van der Waals surface area contributed by atoms with Gasteiger partial charge in [-0.15, -0.1) is 11.8 Å². The summed E-state index contributed by atoms with van der Waals surface area (Å²) in [5, 5.41) is 9.72. The van der Waals surface area contributed by atoms with Crippen molar-refractivity contribution in [3.05, 3.63) is 76.4 Å². The van der Waals surface area contributed by atoms with Crippen molar-refractivity contribution in [3.8, 4) is 6.07 Å². The minimum Gasteiger partial charge on any atom is -0.322 e. The third kappa shape index (κ3) is 4.24. The van der Waals surface area contributed by atoms with E-state index in [9.17, 15) is 9.18 Å². The molecule has 0 radical (unpaired) electrons. The number of nitrogens with zero attached hydrogens (tertiary/aromatic N) is 2. The van der Waals surface area contributed by atoms with Crippen molar-refractivity contribution in [1.29, 1.82) is 5.26 Å². The third-order valence-electron chi connectivity index (χ3n) is 3.28. The zero-order chi connectivity index (χ0) is 16.8. The van der Waals surface area contributed by atoms with Crippen LogP contribution in [0.3, 0.4) is 0 Å². The van der Waals surface area contributed by atoms with Gasteiger partial charge in [0.15, 0.2) is 5.43 Å². The molecule has 24 heavy (non-hydrogen) atoms. The van der Waals surface area contributed by atoms with Gasteiger partial charge in [0.1, 0.15) is 12.4 Å². The summed E-state index contributed by atoms with van der Waals surface area (Å²) in [6.45, 7) is 7.48. The molecule has 0 unspecified atom stereocenters. The molecular weight excluding hydrogens is 323 g/mol. The maximum Gasteiger partial charge on any atom is 0.190 e. The molecule has 2 rings (SSSR count). The van der Waals surface area contributed by atoms with E-state index >= 15 is 0 Å². The molecule has 1 heterocycles. The van der Waals surface area contributed by atoms with E-state index in [1.165, 1.54) is 36.0 Å². The summed E-state index contributed by atoms with van der Waals surface area (Å²) in [5.74, 6) is 0.277. The Balaban J connectivity index is 0.00000288. The number of rotatable bonds is 6. The topological polar surface area (TPSA) is 45.8 Å². The molecule has 0 saturated carbocycles. The summed E-state index contributed by atoms with van der Waals surface area (Å²) in [5.41, 5.74) is 1.78. The molecule has 0 amide bonds. The molecule has 3 nitrogen and oxygen atoms in total. The molecular formula is C19H19FN2OS. The van der Waals surface area contributed by atoms with Crippen LogP contribution in [0, 0.1) is 17.1 Å². The standard InChI is InChI=1S/C18H15FN2OS.CH4/c1-3-15-16(4-2)21(10-9-20)18(11-17(15)22)23-12-13-5-7-14(19)8-6-13;/h3-8,11H,1-2,10,12H2;1H4. The van der Waals surface area contributed by atoms with E-state index in [0.717, 1.165) is 5.56 Å². The Morgan fingerprint density at radius 1 is 1.25 bits per heavy atom. The maximum atomic E-state index is 12.9. The van der Waals surface area contributed by atoms with Crippen LogP contribution >= 0.6 is 11.8 Å². The summed E-state index contributed by atoms with van der Waals surface area (Å²) in [4.78, 5) is 12.2. The van der Waals surface area contributed by atoms with Gasteiger partial charge in [-0.1, -0.05) is 38.8 Å². The third-order valence-corrected chi connectivity index (χ3v) is 4.39. The number of nitriles is 1. The van der Waals surface area contributed by atoms with Crippen LogP contribution in [-0.2, 0) is 12.3 Å². The van der Waals surface area contributed by atoms with Crippen molar-refractivity contribution in [2.45, 2.75) is 24.8 Å². The van der Waals surface area contributed by atoms with Gasteiger partial charge in [0.2, 0.25) is 0 Å². The molecule has 124 valence electrons. The van der Waals surface area contributed by atoms with E-state index in [-0.39, 0.29) is 25.2 Å². The van der Waals surface area contributed by atoms with E-state index in [0.29, 0.717) is 22.0 Å². The predicted octanol–water partition coefficient (Wildman–Crippen LogP) is 4.73. The first-order valence-electron chi connectivity index (χ1n) is 6.87. The molecule has 0 atom stereocenters. The van der Waals surface area contributed by atoms with Gasteiger partial charge >= 0.3 is 0 Å². The fraction of sp³-hybridized carbons (Fsp3) is 0.158. The Labute approximate surface area is 145 Å². The zero-order valence-electron chi connectivity index (χ0n) is 12.5. The average molecular weight is 342 g/mol. The molecule has 0 aliphatic carbocycles. The van der Waals surface area contributed by atoms with Crippen LogP contribution in [0.15, 0.2) is 53.3 Å². The molecule has 0 bridgehead atoms. The Morgan fingerprint density at radius 3 is 2.46 bits per heavy atom. The van der Waals surface area contributed by atoms with Gasteiger partial charge in [-0.3, -0.25) is 4.79 Å². The number of thioether (sulfide) groups is 1. The Morgan fingerprint density at radius 2 is 1.92 bits per heavy atom. The number of hydrogen-bond acceptors (Lipinski definition) is 3. The van der Waals surface area contributed by atoms with Crippen LogP contribution < -0.4 is 5.43 Å². The number of halogens is 1. The summed E-state index contributed by atoms with van der Waals surface area (Å²) in [7, 11) is 0. The Bertz CT molecular complexity index is 832. The highest BCUT2D eigenvalue weighted by Gasteiger charge is 2.12.